The molecule has 112 valence electrons. The number of fused-ring (bicyclic) bond motifs is 1. The van der Waals surface area contributed by atoms with E-state index in [1.165, 1.54) is 56.2 Å². The van der Waals surface area contributed by atoms with E-state index in [1.807, 2.05) is 11.3 Å². The van der Waals surface area contributed by atoms with Crippen molar-refractivity contribution in [3.8, 4) is 0 Å². The summed E-state index contributed by atoms with van der Waals surface area (Å²) in [5.41, 5.74) is 1.62. The molecule has 0 amide bonds. The molecule has 2 nitrogen and oxygen atoms in total. The SMILES string of the molecule is CC(NCCOC1CCCC1)c1cc2c(s1)CCCC2. The lowest BCUT2D eigenvalue weighted by atomic mass is 9.99. The van der Waals surface area contributed by atoms with E-state index in [0.29, 0.717) is 12.1 Å². The van der Waals surface area contributed by atoms with E-state index in [2.05, 4.69) is 18.3 Å². The molecular weight excluding hydrogens is 266 g/mol. The van der Waals surface area contributed by atoms with Gasteiger partial charge in [-0.25, -0.2) is 0 Å². The molecule has 0 saturated heterocycles. The third kappa shape index (κ3) is 3.63. The average Bonchev–Trinajstić information content (AvgIpc) is 3.12. The topological polar surface area (TPSA) is 21.3 Å². The molecule has 20 heavy (non-hydrogen) atoms. The molecule has 1 atom stereocenters. The zero-order chi connectivity index (χ0) is 13.8. The summed E-state index contributed by atoms with van der Waals surface area (Å²) in [6.45, 7) is 4.12. The Labute approximate surface area is 126 Å². The van der Waals surface area contributed by atoms with Gasteiger partial charge in [0.25, 0.3) is 0 Å². The highest BCUT2D eigenvalue weighted by Gasteiger charge is 2.17. The molecule has 1 unspecified atom stereocenters. The van der Waals surface area contributed by atoms with Gasteiger partial charge in [-0.2, -0.15) is 0 Å². The van der Waals surface area contributed by atoms with Crippen molar-refractivity contribution in [3.63, 3.8) is 0 Å². The molecule has 2 aliphatic carbocycles. The summed E-state index contributed by atoms with van der Waals surface area (Å²) in [5.74, 6) is 0. The van der Waals surface area contributed by atoms with Crippen molar-refractivity contribution in [2.75, 3.05) is 13.2 Å². The highest BCUT2D eigenvalue weighted by Crippen LogP contribution is 2.32. The number of aryl methyl sites for hydroxylation is 2. The Morgan fingerprint density at radius 2 is 2.05 bits per heavy atom. The molecule has 0 aliphatic heterocycles. The van der Waals surface area contributed by atoms with Gasteiger partial charge in [0.1, 0.15) is 0 Å². The van der Waals surface area contributed by atoms with Crippen LogP contribution in [-0.4, -0.2) is 19.3 Å². The standard InChI is InChI=1S/C17H27NOS/c1-13(18-10-11-19-15-7-3-4-8-15)17-12-14-6-2-5-9-16(14)20-17/h12-13,15,18H,2-11H2,1H3. The average molecular weight is 293 g/mol. The van der Waals surface area contributed by atoms with Crippen LogP contribution in [0.5, 0.6) is 0 Å². The predicted molar refractivity (Wildman–Crippen MR) is 85.6 cm³/mol. The van der Waals surface area contributed by atoms with Gasteiger partial charge >= 0.3 is 0 Å². The van der Waals surface area contributed by atoms with Crippen molar-refractivity contribution in [2.45, 2.75) is 70.4 Å². The summed E-state index contributed by atoms with van der Waals surface area (Å²) in [6, 6.07) is 2.91. The van der Waals surface area contributed by atoms with Gasteiger partial charge < -0.3 is 10.1 Å². The normalized spacial score (nSPS) is 21.1. The molecule has 1 N–H and O–H groups in total. The Morgan fingerprint density at radius 1 is 1.25 bits per heavy atom. The van der Waals surface area contributed by atoms with E-state index < -0.39 is 0 Å². The molecule has 3 rings (SSSR count). The quantitative estimate of drug-likeness (QED) is 0.792. The Balaban J connectivity index is 1.41. The van der Waals surface area contributed by atoms with Gasteiger partial charge in [0.2, 0.25) is 0 Å². The Hall–Kier alpha value is -0.380. The minimum absolute atomic E-state index is 0.470. The zero-order valence-corrected chi connectivity index (χ0v) is 13.4. The number of rotatable bonds is 6. The molecule has 1 heterocycles. The number of ether oxygens (including phenoxy) is 1. The second kappa shape index (κ2) is 7.06. The summed E-state index contributed by atoms with van der Waals surface area (Å²) in [5, 5.41) is 3.62. The summed E-state index contributed by atoms with van der Waals surface area (Å²) < 4.78 is 5.91. The van der Waals surface area contributed by atoms with E-state index in [0.717, 1.165) is 13.2 Å². The third-order valence-corrected chi connectivity index (χ3v) is 6.07. The molecule has 3 heteroatoms. The Morgan fingerprint density at radius 3 is 2.85 bits per heavy atom. The van der Waals surface area contributed by atoms with Crippen LogP contribution in [-0.2, 0) is 17.6 Å². The van der Waals surface area contributed by atoms with E-state index in [4.69, 9.17) is 4.74 Å². The smallest absolute Gasteiger partial charge is 0.0594 e. The van der Waals surface area contributed by atoms with Gasteiger partial charge in [-0.05, 0) is 57.1 Å². The first-order chi connectivity index (χ1) is 9.83. The van der Waals surface area contributed by atoms with Crippen LogP contribution in [0.1, 0.15) is 66.8 Å². The lowest BCUT2D eigenvalue weighted by molar-refractivity contribution is 0.0594. The van der Waals surface area contributed by atoms with E-state index in [1.54, 1.807) is 10.4 Å². The predicted octanol–water partition coefficient (Wildman–Crippen LogP) is 4.24. The van der Waals surface area contributed by atoms with Crippen molar-refractivity contribution in [2.24, 2.45) is 0 Å². The van der Waals surface area contributed by atoms with Gasteiger partial charge in [0.05, 0.1) is 12.7 Å². The minimum atomic E-state index is 0.470. The molecule has 1 aromatic heterocycles. The number of hydrogen-bond acceptors (Lipinski definition) is 3. The first-order valence-corrected chi connectivity index (χ1v) is 9.11. The Bertz CT molecular complexity index is 399. The maximum absolute atomic E-state index is 5.91. The minimum Gasteiger partial charge on any atom is -0.377 e. The molecule has 0 radical (unpaired) electrons. The molecule has 0 spiro atoms. The fraction of sp³-hybridized carbons (Fsp3) is 0.765. The molecule has 2 aliphatic rings. The molecule has 0 aromatic carbocycles. The monoisotopic (exact) mass is 293 g/mol. The van der Waals surface area contributed by atoms with Gasteiger partial charge in [0.15, 0.2) is 0 Å². The Kier molecular flexibility index (Phi) is 5.14. The van der Waals surface area contributed by atoms with Crippen molar-refractivity contribution >= 4 is 11.3 Å². The van der Waals surface area contributed by atoms with Crippen LogP contribution >= 0.6 is 11.3 Å². The maximum atomic E-state index is 5.91. The molecule has 0 bridgehead atoms. The maximum Gasteiger partial charge on any atom is 0.0594 e. The van der Waals surface area contributed by atoms with Crippen molar-refractivity contribution in [1.29, 1.82) is 0 Å². The lowest BCUT2D eigenvalue weighted by Gasteiger charge is -2.14. The van der Waals surface area contributed by atoms with Gasteiger partial charge in [0, 0.05) is 22.3 Å². The lowest BCUT2D eigenvalue weighted by Crippen LogP contribution is -2.24. The third-order valence-electron chi connectivity index (χ3n) is 4.65. The first kappa shape index (κ1) is 14.6. The van der Waals surface area contributed by atoms with Crippen LogP contribution in [0.3, 0.4) is 0 Å². The molecule has 1 fully saturated rings. The van der Waals surface area contributed by atoms with Gasteiger partial charge in [-0.15, -0.1) is 11.3 Å². The molecule has 1 aromatic rings. The van der Waals surface area contributed by atoms with Crippen LogP contribution < -0.4 is 5.32 Å². The summed E-state index contributed by atoms with van der Waals surface area (Å²) in [6.07, 6.45) is 11.1. The van der Waals surface area contributed by atoms with E-state index in [9.17, 15) is 0 Å². The van der Waals surface area contributed by atoms with Crippen LogP contribution in [0, 0.1) is 0 Å². The highest BCUT2D eigenvalue weighted by molar-refractivity contribution is 7.12. The van der Waals surface area contributed by atoms with E-state index >= 15 is 0 Å². The number of nitrogens with one attached hydrogen (secondary N) is 1. The van der Waals surface area contributed by atoms with Crippen LogP contribution in [0.15, 0.2) is 6.07 Å². The van der Waals surface area contributed by atoms with Gasteiger partial charge in [-0.3, -0.25) is 0 Å². The molecular formula is C17H27NOS. The van der Waals surface area contributed by atoms with Gasteiger partial charge in [-0.1, -0.05) is 12.8 Å². The zero-order valence-electron chi connectivity index (χ0n) is 12.6. The van der Waals surface area contributed by atoms with Crippen molar-refractivity contribution < 1.29 is 4.74 Å². The van der Waals surface area contributed by atoms with Crippen molar-refractivity contribution in [1.82, 2.24) is 5.32 Å². The second-order valence-corrected chi connectivity index (χ2v) is 7.43. The summed E-state index contributed by atoms with van der Waals surface area (Å²) >= 11 is 2.02. The van der Waals surface area contributed by atoms with Crippen LogP contribution in [0.2, 0.25) is 0 Å². The van der Waals surface area contributed by atoms with E-state index in [-0.39, 0.29) is 0 Å². The highest BCUT2D eigenvalue weighted by atomic mass is 32.1. The van der Waals surface area contributed by atoms with Crippen molar-refractivity contribution in [3.05, 3.63) is 21.4 Å². The second-order valence-electron chi connectivity index (χ2n) is 6.26. The molecule has 1 saturated carbocycles. The van der Waals surface area contributed by atoms with Crippen LogP contribution in [0.4, 0.5) is 0 Å². The fourth-order valence-corrected chi connectivity index (χ4v) is 4.67. The number of thiophene rings is 1. The largest absolute Gasteiger partial charge is 0.377 e. The summed E-state index contributed by atoms with van der Waals surface area (Å²) in [7, 11) is 0. The summed E-state index contributed by atoms with van der Waals surface area (Å²) in [4.78, 5) is 3.15. The fourth-order valence-electron chi connectivity index (χ4n) is 3.38. The van der Waals surface area contributed by atoms with Crippen LogP contribution in [0.25, 0.3) is 0 Å². The first-order valence-electron chi connectivity index (χ1n) is 8.29. The number of hydrogen-bond donors (Lipinski definition) is 1.